The minimum atomic E-state index is -0.317. The lowest BCUT2D eigenvalue weighted by Gasteiger charge is -2.22. The number of benzene rings is 2. The van der Waals surface area contributed by atoms with Gasteiger partial charge in [-0.2, -0.15) is 0 Å². The van der Waals surface area contributed by atoms with E-state index < -0.39 is 0 Å². The van der Waals surface area contributed by atoms with Gasteiger partial charge < -0.3 is 9.64 Å². The van der Waals surface area contributed by atoms with Crippen LogP contribution in [0.25, 0.3) is 6.08 Å². The number of carbonyl (C=O) groups is 2. The molecule has 2 aromatic rings. The van der Waals surface area contributed by atoms with Crippen LogP contribution in [0.4, 0.5) is 0 Å². The zero-order valence-corrected chi connectivity index (χ0v) is 15.9. The maximum absolute atomic E-state index is 12.4. The topological polar surface area (TPSA) is 46.6 Å². The van der Waals surface area contributed by atoms with Gasteiger partial charge in [0.2, 0.25) is 0 Å². The lowest BCUT2D eigenvalue weighted by molar-refractivity contribution is 0.0827. The molecule has 26 heavy (non-hydrogen) atoms. The minimum Gasteiger partial charge on any atom is -0.488 e. The first-order valence-corrected chi connectivity index (χ1v) is 8.49. The summed E-state index contributed by atoms with van der Waals surface area (Å²) in [5.41, 5.74) is 1.61. The van der Waals surface area contributed by atoms with E-state index in [1.54, 1.807) is 44.4 Å². The summed E-state index contributed by atoms with van der Waals surface area (Å²) in [6.45, 7) is 5.94. The Bertz CT molecular complexity index is 812. The van der Waals surface area contributed by atoms with Gasteiger partial charge in [-0.1, -0.05) is 30.3 Å². The van der Waals surface area contributed by atoms with Gasteiger partial charge in [-0.25, -0.2) is 0 Å². The molecule has 0 radical (unpaired) electrons. The fraction of sp³-hybridized carbons (Fsp3) is 0.273. The quantitative estimate of drug-likeness (QED) is 0.590. The van der Waals surface area contributed by atoms with Gasteiger partial charge in [0.05, 0.1) is 0 Å². The Kier molecular flexibility index (Phi) is 5.98. The minimum absolute atomic E-state index is 0.0900. The van der Waals surface area contributed by atoms with Crippen LogP contribution in [0.15, 0.2) is 54.6 Å². The number of carbonyl (C=O) groups excluding carboxylic acids is 2. The Morgan fingerprint density at radius 3 is 2.08 bits per heavy atom. The summed E-state index contributed by atoms with van der Waals surface area (Å²) in [5, 5.41) is 0. The monoisotopic (exact) mass is 351 g/mol. The Morgan fingerprint density at radius 2 is 1.50 bits per heavy atom. The molecule has 2 aromatic carbocycles. The number of ether oxygens (including phenoxy) is 1. The second kappa shape index (κ2) is 8.00. The van der Waals surface area contributed by atoms with Gasteiger partial charge in [0.1, 0.15) is 11.4 Å². The van der Waals surface area contributed by atoms with Crippen LogP contribution < -0.4 is 4.74 Å². The summed E-state index contributed by atoms with van der Waals surface area (Å²) in [4.78, 5) is 25.8. The first kappa shape index (κ1) is 19.4. The van der Waals surface area contributed by atoms with Gasteiger partial charge in [-0.3, -0.25) is 9.59 Å². The zero-order chi connectivity index (χ0) is 19.3. The van der Waals surface area contributed by atoms with Crippen molar-refractivity contribution in [3.63, 3.8) is 0 Å². The number of rotatable bonds is 5. The molecule has 0 aliphatic heterocycles. The lowest BCUT2D eigenvalue weighted by Crippen LogP contribution is -2.23. The molecule has 0 aliphatic rings. The summed E-state index contributed by atoms with van der Waals surface area (Å²) in [6, 6.07) is 14.3. The molecule has 0 unspecified atom stereocenters. The van der Waals surface area contributed by atoms with E-state index in [0.29, 0.717) is 11.1 Å². The predicted octanol–water partition coefficient (Wildman–Crippen LogP) is 4.46. The van der Waals surface area contributed by atoms with Crippen molar-refractivity contribution in [1.29, 1.82) is 0 Å². The van der Waals surface area contributed by atoms with Crippen molar-refractivity contribution in [2.24, 2.45) is 0 Å². The van der Waals surface area contributed by atoms with E-state index in [-0.39, 0.29) is 17.3 Å². The Labute approximate surface area is 155 Å². The van der Waals surface area contributed by atoms with Crippen molar-refractivity contribution in [1.82, 2.24) is 4.90 Å². The molecular formula is C22H25NO3. The van der Waals surface area contributed by atoms with Crippen LogP contribution in [-0.2, 0) is 0 Å². The summed E-state index contributed by atoms with van der Waals surface area (Å²) >= 11 is 0. The fourth-order valence-corrected chi connectivity index (χ4v) is 2.34. The molecule has 4 nitrogen and oxygen atoms in total. The molecule has 0 spiro atoms. The molecule has 0 N–H and O–H groups in total. The molecule has 0 aromatic heterocycles. The lowest BCUT2D eigenvalue weighted by atomic mass is 10.1. The van der Waals surface area contributed by atoms with Crippen LogP contribution >= 0.6 is 0 Å². The van der Waals surface area contributed by atoms with E-state index in [4.69, 9.17) is 4.74 Å². The average molecular weight is 351 g/mol. The highest BCUT2D eigenvalue weighted by molar-refractivity contribution is 6.07. The molecule has 0 heterocycles. The number of ketones is 1. The Hall–Kier alpha value is -2.88. The number of para-hydroxylation sites is 1. The molecule has 0 aliphatic carbocycles. The number of amides is 1. The van der Waals surface area contributed by atoms with E-state index in [0.717, 1.165) is 11.3 Å². The Balaban J connectivity index is 2.16. The normalized spacial score (nSPS) is 11.4. The third-order valence-corrected chi connectivity index (χ3v) is 3.57. The van der Waals surface area contributed by atoms with Crippen LogP contribution in [0.5, 0.6) is 5.75 Å². The molecule has 1 amide bonds. The second-order valence-electron chi connectivity index (χ2n) is 7.23. The van der Waals surface area contributed by atoms with Gasteiger partial charge in [-0.05, 0) is 51.1 Å². The first-order valence-electron chi connectivity index (χ1n) is 8.49. The van der Waals surface area contributed by atoms with Crippen molar-refractivity contribution in [3.8, 4) is 5.75 Å². The number of hydrogen-bond acceptors (Lipinski definition) is 3. The van der Waals surface area contributed by atoms with Crippen molar-refractivity contribution in [3.05, 3.63) is 71.3 Å². The van der Waals surface area contributed by atoms with Crippen LogP contribution in [0, 0.1) is 0 Å². The van der Waals surface area contributed by atoms with Crippen LogP contribution in [-0.4, -0.2) is 36.3 Å². The molecule has 0 bridgehead atoms. The maximum Gasteiger partial charge on any atom is 0.253 e. The summed E-state index contributed by atoms with van der Waals surface area (Å²) < 4.78 is 5.93. The molecule has 0 saturated heterocycles. The Morgan fingerprint density at radius 1 is 0.923 bits per heavy atom. The zero-order valence-electron chi connectivity index (χ0n) is 15.9. The predicted molar refractivity (Wildman–Crippen MR) is 105 cm³/mol. The SMILES string of the molecule is CN(C)C(=O)c1ccc(C(=O)C=Cc2ccccc2OC(C)(C)C)cc1. The van der Waals surface area contributed by atoms with E-state index in [9.17, 15) is 9.59 Å². The first-order chi connectivity index (χ1) is 12.2. The second-order valence-corrected chi connectivity index (χ2v) is 7.23. The largest absolute Gasteiger partial charge is 0.488 e. The van der Waals surface area contributed by atoms with Crippen LogP contribution in [0.1, 0.15) is 47.1 Å². The number of allylic oxidation sites excluding steroid dienone is 1. The van der Waals surface area contributed by atoms with Gasteiger partial charge in [0.25, 0.3) is 5.91 Å². The van der Waals surface area contributed by atoms with Crippen LogP contribution in [0.3, 0.4) is 0 Å². The highest BCUT2D eigenvalue weighted by atomic mass is 16.5. The standard InChI is InChI=1S/C22H25NO3/c1-22(2,3)26-20-9-7-6-8-17(20)14-15-19(24)16-10-12-18(13-11-16)21(25)23(4)5/h6-15H,1-5H3. The number of nitrogens with zero attached hydrogens (tertiary/aromatic N) is 1. The number of hydrogen-bond donors (Lipinski definition) is 0. The molecule has 0 saturated carbocycles. The van der Waals surface area contributed by atoms with Crippen molar-refractivity contribution < 1.29 is 14.3 Å². The summed E-state index contributed by atoms with van der Waals surface area (Å²) in [5.74, 6) is 0.517. The smallest absolute Gasteiger partial charge is 0.253 e. The molecule has 4 heteroatoms. The van der Waals surface area contributed by atoms with E-state index >= 15 is 0 Å². The fourth-order valence-electron chi connectivity index (χ4n) is 2.34. The van der Waals surface area contributed by atoms with Gasteiger partial charge in [-0.15, -0.1) is 0 Å². The molecule has 0 atom stereocenters. The third kappa shape index (κ3) is 5.31. The molecular weight excluding hydrogens is 326 g/mol. The maximum atomic E-state index is 12.4. The van der Waals surface area contributed by atoms with Gasteiger partial charge >= 0.3 is 0 Å². The van der Waals surface area contributed by atoms with Gasteiger partial charge in [0, 0.05) is 30.8 Å². The van der Waals surface area contributed by atoms with Crippen molar-refractivity contribution in [2.45, 2.75) is 26.4 Å². The van der Waals surface area contributed by atoms with Crippen molar-refractivity contribution >= 4 is 17.8 Å². The average Bonchev–Trinajstić information content (AvgIpc) is 2.58. The highest BCUT2D eigenvalue weighted by Crippen LogP contribution is 2.24. The highest BCUT2D eigenvalue weighted by Gasteiger charge is 2.13. The van der Waals surface area contributed by atoms with Crippen LogP contribution in [0.2, 0.25) is 0 Å². The summed E-state index contributed by atoms with van der Waals surface area (Å²) in [6.07, 6.45) is 3.27. The van der Waals surface area contributed by atoms with E-state index in [1.165, 1.54) is 11.0 Å². The third-order valence-electron chi connectivity index (χ3n) is 3.57. The molecule has 2 rings (SSSR count). The van der Waals surface area contributed by atoms with E-state index in [2.05, 4.69) is 0 Å². The van der Waals surface area contributed by atoms with E-state index in [1.807, 2.05) is 45.0 Å². The molecule has 136 valence electrons. The van der Waals surface area contributed by atoms with Crippen molar-refractivity contribution in [2.75, 3.05) is 14.1 Å². The molecule has 0 fully saturated rings. The van der Waals surface area contributed by atoms with Gasteiger partial charge in [0.15, 0.2) is 5.78 Å². The summed E-state index contributed by atoms with van der Waals surface area (Å²) in [7, 11) is 3.39.